The second kappa shape index (κ2) is 8.15. The first-order valence-electron chi connectivity index (χ1n) is 7.70. The number of hydrogen-bond acceptors (Lipinski definition) is 3. The van der Waals surface area contributed by atoms with E-state index < -0.39 is 11.9 Å². The van der Waals surface area contributed by atoms with Crippen molar-refractivity contribution in [1.29, 1.82) is 0 Å². The molecule has 5 heteroatoms. The van der Waals surface area contributed by atoms with Crippen LogP contribution in [0.3, 0.4) is 0 Å². The molecule has 2 N–H and O–H groups in total. The minimum Gasteiger partial charge on any atom is -0.497 e. The van der Waals surface area contributed by atoms with Crippen LogP contribution in [0.5, 0.6) is 5.75 Å². The highest BCUT2D eigenvalue weighted by Gasteiger charge is 2.19. The quantitative estimate of drug-likeness (QED) is 0.820. The number of benzene rings is 2. The molecule has 0 radical (unpaired) electrons. The summed E-state index contributed by atoms with van der Waals surface area (Å²) in [6.07, 6.45) is 0.370. The Labute approximate surface area is 141 Å². The van der Waals surface area contributed by atoms with Crippen LogP contribution in [0, 0.1) is 12.8 Å². The molecule has 0 aliphatic heterocycles. The molecule has 0 aliphatic carbocycles. The number of methoxy groups -OCH3 is 1. The highest BCUT2D eigenvalue weighted by atomic mass is 16.5. The maximum Gasteiger partial charge on any atom is 0.308 e. The fourth-order valence-corrected chi connectivity index (χ4v) is 2.45. The molecule has 1 unspecified atom stereocenters. The number of ether oxygens (including phenoxy) is 1. The molecule has 0 spiro atoms. The van der Waals surface area contributed by atoms with Gasteiger partial charge in [0.25, 0.3) is 5.91 Å². The average molecular weight is 327 g/mol. The summed E-state index contributed by atoms with van der Waals surface area (Å²) in [6.45, 7) is 2.03. The van der Waals surface area contributed by atoms with Gasteiger partial charge in [-0.15, -0.1) is 0 Å². The number of hydrogen-bond donors (Lipinski definition) is 2. The Morgan fingerprint density at radius 1 is 1.17 bits per heavy atom. The molecule has 0 fully saturated rings. The number of carbonyl (C=O) groups is 2. The molecule has 5 nitrogen and oxygen atoms in total. The minimum atomic E-state index is -0.928. The molecule has 1 atom stereocenters. The highest BCUT2D eigenvalue weighted by Crippen LogP contribution is 2.14. The van der Waals surface area contributed by atoms with Gasteiger partial charge in [0.05, 0.1) is 13.0 Å². The number of aryl methyl sites for hydroxylation is 1. The third-order valence-corrected chi connectivity index (χ3v) is 3.75. The van der Waals surface area contributed by atoms with Gasteiger partial charge in [0.15, 0.2) is 0 Å². The van der Waals surface area contributed by atoms with Crippen molar-refractivity contribution in [2.45, 2.75) is 13.3 Å². The van der Waals surface area contributed by atoms with Gasteiger partial charge in [-0.1, -0.05) is 35.9 Å². The van der Waals surface area contributed by atoms with Crippen LogP contribution in [0.1, 0.15) is 21.5 Å². The van der Waals surface area contributed by atoms with E-state index in [-0.39, 0.29) is 12.5 Å². The third kappa shape index (κ3) is 4.84. The number of aliphatic carboxylic acids is 1. The van der Waals surface area contributed by atoms with E-state index >= 15 is 0 Å². The molecule has 0 saturated heterocycles. The molecule has 0 heterocycles. The maximum atomic E-state index is 12.2. The Morgan fingerprint density at radius 3 is 2.58 bits per heavy atom. The van der Waals surface area contributed by atoms with Gasteiger partial charge in [-0.3, -0.25) is 9.59 Å². The topological polar surface area (TPSA) is 75.6 Å². The lowest BCUT2D eigenvalue weighted by atomic mass is 9.98. The van der Waals surface area contributed by atoms with E-state index in [0.29, 0.717) is 17.7 Å². The fourth-order valence-electron chi connectivity index (χ4n) is 2.45. The van der Waals surface area contributed by atoms with Crippen LogP contribution in [0.25, 0.3) is 0 Å². The first-order chi connectivity index (χ1) is 11.5. The maximum absolute atomic E-state index is 12.2. The van der Waals surface area contributed by atoms with E-state index in [1.165, 1.54) is 7.11 Å². The van der Waals surface area contributed by atoms with Gasteiger partial charge in [0.1, 0.15) is 5.75 Å². The van der Waals surface area contributed by atoms with Crippen molar-refractivity contribution in [2.24, 2.45) is 5.92 Å². The zero-order valence-electron chi connectivity index (χ0n) is 13.8. The van der Waals surface area contributed by atoms with Crippen molar-refractivity contribution < 1.29 is 19.4 Å². The lowest BCUT2D eigenvalue weighted by Crippen LogP contribution is -2.34. The molecule has 2 aromatic carbocycles. The molecule has 126 valence electrons. The smallest absolute Gasteiger partial charge is 0.308 e. The minimum absolute atomic E-state index is 0.0688. The number of amides is 1. The summed E-state index contributed by atoms with van der Waals surface area (Å²) in [7, 11) is 1.53. The molecule has 0 bridgehead atoms. The monoisotopic (exact) mass is 327 g/mol. The van der Waals surface area contributed by atoms with Gasteiger partial charge < -0.3 is 15.2 Å². The molecule has 0 aliphatic rings. The van der Waals surface area contributed by atoms with Gasteiger partial charge in [0, 0.05) is 12.1 Å². The molecule has 24 heavy (non-hydrogen) atoms. The van der Waals surface area contributed by atoms with Crippen molar-refractivity contribution >= 4 is 11.9 Å². The highest BCUT2D eigenvalue weighted by molar-refractivity contribution is 5.94. The van der Waals surface area contributed by atoms with E-state index in [2.05, 4.69) is 5.32 Å². The number of rotatable bonds is 7. The number of nitrogens with one attached hydrogen (secondary N) is 1. The zero-order chi connectivity index (χ0) is 17.5. The zero-order valence-corrected chi connectivity index (χ0v) is 13.8. The first kappa shape index (κ1) is 17.5. The van der Waals surface area contributed by atoms with Crippen LogP contribution >= 0.6 is 0 Å². The van der Waals surface area contributed by atoms with Crippen LogP contribution in [-0.4, -0.2) is 30.6 Å². The average Bonchev–Trinajstić information content (AvgIpc) is 2.58. The molecule has 0 aromatic heterocycles. The van der Waals surface area contributed by atoms with Gasteiger partial charge >= 0.3 is 5.97 Å². The van der Waals surface area contributed by atoms with E-state index in [4.69, 9.17) is 4.74 Å². The number of carbonyl (C=O) groups excluding carboxylic acids is 1. The lowest BCUT2D eigenvalue weighted by Gasteiger charge is -2.14. The second-order valence-corrected chi connectivity index (χ2v) is 5.67. The molecular formula is C19H21NO4. The SMILES string of the molecule is COc1cccc(C(=O)NCC(Cc2cccc(C)c2)C(=O)O)c1. The first-order valence-corrected chi connectivity index (χ1v) is 7.70. The molecular weight excluding hydrogens is 306 g/mol. The lowest BCUT2D eigenvalue weighted by molar-refractivity contribution is -0.141. The molecule has 2 rings (SSSR count). The van der Waals surface area contributed by atoms with E-state index in [9.17, 15) is 14.7 Å². The van der Waals surface area contributed by atoms with Crippen molar-refractivity contribution in [3.8, 4) is 5.75 Å². The van der Waals surface area contributed by atoms with Crippen molar-refractivity contribution in [3.05, 3.63) is 65.2 Å². The van der Waals surface area contributed by atoms with Crippen LogP contribution < -0.4 is 10.1 Å². The van der Waals surface area contributed by atoms with Gasteiger partial charge in [-0.2, -0.15) is 0 Å². The molecule has 0 saturated carbocycles. The van der Waals surface area contributed by atoms with Crippen LogP contribution in [0.15, 0.2) is 48.5 Å². The predicted octanol–water partition coefficient (Wildman–Crippen LogP) is 2.68. The predicted molar refractivity (Wildman–Crippen MR) is 91.3 cm³/mol. The number of carboxylic acids is 1. The summed E-state index contributed by atoms with van der Waals surface area (Å²) in [6, 6.07) is 14.5. The molecule has 2 aromatic rings. The van der Waals surface area contributed by atoms with Crippen molar-refractivity contribution in [2.75, 3.05) is 13.7 Å². The van der Waals surface area contributed by atoms with Crippen LogP contribution in [0.2, 0.25) is 0 Å². The van der Waals surface area contributed by atoms with Crippen molar-refractivity contribution in [1.82, 2.24) is 5.32 Å². The van der Waals surface area contributed by atoms with Crippen LogP contribution in [0.4, 0.5) is 0 Å². The number of carboxylic acid groups (broad SMARTS) is 1. The summed E-state index contributed by atoms with van der Waals surface area (Å²) in [5.41, 5.74) is 2.46. The van der Waals surface area contributed by atoms with E-state index in [0.717, 1.165) is 11.1 Å². The Balaban J connectivity index is 2.00. The summed E-state index contributed by atoms with van der Waals surface area (Å²) in [4.78, 5) is 23.7. The fraction of sp³-hybridized carbons (Fsp3) is 0.263. The third-order valence-electron chi connectivity index (χ3n) is 3.75. The van der Waals surface area contributed by atoms with E-state index in [1.807, 2.05) is 31.2 Å². The summed E-state index contributed by atoms with van der Waals surface area (Å²) >= 11 is 0. The van der Waals surface area contributed by atoms with E-state index in [1.54, 1.807) is 24.3 Å². The Hall–Kier alpha value is -2.82. The summed E-state index contributed by atoms with van der Waals surface area (Å²) in [5, 5.41) is 12.1. The summed E-state index contributed by atoms with van der Waals surface area (Å²) < 4.78 is 5.08. The normalized spacial score (nSPS) is 11.6. The van der Waals surface area contributed by atoms with Gasteiger partial charge in [-0.25, -0.2) is 0 Å². The standard InChI is InChI=1S/C19H21NO4/c1-13-5-3-6-14(9-13)10-16(19(22)23)12-20-18(21)15-7-4-8-17(11-15)24-2/h3-9,11,16H,10,12H2,1-2H3,(H,20,21)(H,22,23). The Morgan fingerprint density at radius 2 is 1.92 bits per heavy atom. The Bertz CT molecular complexity index is 727. The summed E-state index contributed by atoms with van der Waals surface area (Å²) in [5.74, 6) is -1.34. The molecule has 1 amide bonds. The van der Waals surface area contributed by atoms with Crippen LogP contribution in [-0.2, 0) is 11.2 Å². The van der Waals surface area contributed by atoms with Gasteiger partial charge in [0.2, 0.25) is 0 Å². The largest absolute Gasteiger partial charge is 0.497 e. The van der Waals surface area contributed by atoms with Gasteiger partial charge in [-0.05, 0) is 37.1 Å². The Kier molecular flexibility index (Phi) is 5.95. The second-order valence-electron chi connectivity index (χ2n) is 5.67. The van der Waals surface area contributed by atoms with Crippen molar-refractivity contribution in [3.63, 3.8) is 0 Å².